The second-order valence-electron chi connectivity index (χ2n) is 8.35. The van der Waals surface area contributed by atoms with Crippen molar-refractivity contribution in [3.8, 4) is 6.07 Å². The molecule has 2 aromatic rings. The number of carbonyl (C=O) groups excluding carboxylic acids is 2. The zero-order valence-electron chi connectivity index (χ0n) is 20.3. The van der Waals surface area contributed by atoms with E-state index >= 15 is 0 Å². The Labute approximate surface area is 209 Å². The van der Waals surface area contributed by atoms with Crippen molar-refractivity contribution in [3.05, 3.63) is 88.4 Å². The van der Waals surface area contributed by atoms with Crippen molar-refractivity contribution >= 4 is 17.6 Å². The quantitative estimate of drug-likeness (QED) is 0.612. The van der Waals surface area contributed by atoms with Crippen LogP contribution in [0.4, 0.5) is 5.69 Å². The maximum absolute atomic E-state index is 13.3. The minimum Gasteiger partial charge on any atom is -0.466 e. The molecule has 0 aliphatic carbocycles. The molecule has 0 radical (unpaired) electrons. The number of carbonyl (C=O) groups is 2. The van der Waals surface area contributed by atoms with Crippen molar-refractivity contribution < 1.29 is 23.8 Å². The number of hydrogen-bond acceptors (Lipinski definition) is 9. The van der Waals surface area contributed by atoms with E-state index in [0.717, 1.165) is 18.7 Å². The van der Waals surface area contributed by atoms with Crippen LogP contribution in [0.1, 0.15) is 17.0 Å². The predicted octanol–water partition coefficient (Wildman–Crippen LogP) is 2.42. The molecule has 1 atom stereocenters. The van der Waals surface area contributed by atoms with Gasteiger partial charge >= 0.3 is 11.9 Å². The Morgan fingerprint density at radius 3 is 2.31 bits per heavy atom. The maximum Gasteiger partial charge on any atom is 0.355 e. The van der Waals surface area contributed by atoms with E-state index < -0.39 is 17.9 Å². The summed E-state index contributed by atoms with van der Waals surface area (Å²) in [5.74, 6) is -2.37. The zero-order chi connectivity index (χ0) is 25.7. The number of allylic oxidation sites excluding steroid dienone is 1. The number of methoxy groups -OCH3 is 2. The number of anilines is 1. The zero-order valence-corrected chi connectivity index (χ0v) is 20.3. The first-order valence-electron chi connectivity index (χ1n) is 11.5. The highest BCUT2D eigenvalue weighted by atomic mass is 16.5. The number of nitriles is 1. The molecule has 0 saturated carbocycles. The lowest BCUT2D eigenvalue weighted by atomic mass is 9.80. The number of nitrogens with zero attached hydrogens (tertiary/aromatic N) is 3. The third-order valence-corrected chi connectivity index (χ3v) is 6.34. The van der Waals surface area contributed by atoms with Crippen LogP contribution in [0.3, 0.4) is 0 Å². The van der Waals surface area contributed by atoms with Crippen molar-refractivity contribution in [2.24, 2.45) is 5.73 Å². The molecule has 2 aromatic carbocycles. The van der Waals surface area contributed by atoms with Gasteiger partial charge in [0.2, 0.25) is 0 Å². The minimum absolute atomic E-state index is 0.0116. The van der Waals surface area contributed by atoms with Crippen molar-refractivity contribution in [2.75, 3.05) is 45.4 Å². The van der Waals surface area contributed by atoms with Crippen molar-refractivity contribution in [3.63, 3.8) is 0 Å². The Morgan fingerprint density at radius 1 is 1.03 bits per heavy atom. The van der Waals surface area contributed by atoms with Gasteiger partial charge in [-0.05, 0) is 17.2 Å². The average molecular weight is 489 g/mol. The topological polar surface area (TPSA) is 118 Å². The molecule has 1 unspecified atom stereocenters. The monoisotopic (exact) mass is 488 g/mol. The number of rotatable bonds is 6. The first kappa shape index (κ1) is 25.0. The minimum atomic E-state index is -0.902. The normalized spacial score (nSPS) is 18.6. The third-order valence-electron chi connectivity index (χ3n) is 6.34. The molecule has 1 saturated heterocycles. The van der Waals surface area contributed by atoms with Crippen molar-refractivity contribution in [1.82, 2.24) is 4.90 Å². The van der Waals surface area contributed by atoms with Gasteiger partial charge in [0.15, 0.2) is 0 Å². The highest BCUT2D eigenvalue weighted by Crippen LogP contribution is 2.44. The first-order chi connectivity index (χ1) is 17.5. The molecule has 186 valence electrons. The third kappa shape index (κ3) is 4.69. The molecule has 2 N–H and O–H groups in total. The van der Waals surface area contributed by atoms with Crippen LogP contribution in [0.5, 0.6) is 0 Å². The lowest BCUT2D eigenvalue weighted by Crippen LogP contribution is -2.41. The van der Waals surface area contributed by atoms with Gasteiger partial charge in [-0.15, -0.1) is 0 Å². The first-order valence-corrected chi connectivity index (χ1v) is 11.5. The Balaban J connectivity index is 1.96. The van der Waals surface area contributed by atoms with Crippen LogP contribution in [0.2, 0.25) is 0 Å². The fourth-order valence-corrected chi connectivity index (χ4v) is 4.63. The summed E-state index contributed by atoms with van der Waals surface area (Å²) in [6.07, 6.45) is 0. The molecule has 0 aromatic heterocycles. The van der Waals surface area contributed by atoms with Gasteiger partial charge in [0, 0.05) is 19.6 Å². The summed E-state index contributed by atoms with van der Waals surface area (Å²) in [4.78, 5) is 30.2. The summed E-state index contributed by atoms with van der Waals surface area (Å²) in [6.45, 7) is 3.34. The van der Waals surface area contributed by atoms with Crippen LogP contribution in [0.25, 0.3) is 0 Å². The van der Waals surface area contributed by atoms with Gasteiger partial charge in [-0.3, -0.25) is 9.80 Å². The number of para-hydroxylation sites is 1. The molecule has 2 heterocycles. The van der Waals surface area contributed by atoms with Crippen molar-refractivity contribution in [1.29, 1.82) is 5.26 Å². The molecule has 0 spiro atoms. The Bertz CT molecular complexity index is 1240. The molecule has 2 aliphatic heterocycles. The number of esters is 2. The molecule has 9 nitrogen and oxygen atoms in total. The summed E-state index contributed by atoms with van der Waals surface area (Å²) < 4.78 is 15.7. The van der Waals surface area contributed by atoms with E-state index in [1.165, 1.54) is 19.1 Å². The van der Waals surface area contributed by atoms with E-state index in [1.807, 2.05) is 24.3 Å². The SMILES string of the molecule is COC(=O)C1=C(C(=O)OC)N(c2ccccc2CN2CCOCC2)C(N)=C(C#N)C1c1ccccc1. The van der Waals surface area contributed by atoms with E-state index in [-0.39, 0.29) is 22.7 Å². The standard InChI is InChI=1S/C27H28N4O5/c1-34-26(32)23-22(18-8-4-3-5-9-18)20(16-28)25(29)31(24(23)27(33)35-2)21-11-7-6-10-19(21)17-30-12-14-36-15-13-30/h3-11,22H,12-15,17,29H2,1-2H3. The summed E-state index contributed by atoms with van der Waals surface area (Å²) in [5.41, 5.74) is 8.74. The van der Waals surface area contributed by atoms with E-state index in [1.54, 1.807) is 30.3 Å². The maximum atomic E-state index is 13.3. The Morgan fingerprint density at radius 2 is 1.67 bits per heavy atom. The molecule has 9 heteroatoms. The average Bonchev–Trinajstić information content (AvgIpc) is 2.93. The summed E-state index contributed by atoms with van der Waals surface area (Å²) in [6, 6.07) is 18.6. The second-order valence-corrected chi connectivity index (χ2v) is 8.35. The highest BCUT2D eigenvalue weighted by Gasteiger charge is 2.43. The Kier molecular flexibility index (Phi) is 7.68. The molecule has 36 heavy (non-hydrogen) atoms. The van der Waals surface area contributed by atoms with Gasteiger partial charge in [-0.25, -0.2) is 9.59 Å². The molecule has 0 amide bonds. The summed E-state index contributed by atoms with van der Waals surface area (Å²) in [5, 5.41) is 10.2. The molecule has 2 aliphatic rings. The van der Waals surface area contributed by atoms with Crippen molar-refractivity contribution in [2.45, 2.75) is 12.5 Å². The van der Waals surface area contributed by atoms with Gasteiger partial charge in [-0.2, -0.15) is 5.26 Å². The van der Waals surface area contributed by atoms with E-state index in [9.17, 15) is 14.9 Å². The highest BCUT2D eigenvalue weighted by molar-refractivity contribution is 6.06. The number of benzene rings is 2. The van der Waals surface area contributed by atoms with Crippen LogP contribution in [-0.4, -0.2) is 57.4 Å². The molecular weight excluding hydrogens is 460 g/mol. The smallest absolute Gasteiger partial charge is 0.355 e. The van der Waals surface area contributed by atoms with Gasteiger partial charge < -0.3 is 19.9 Å². The molecule has 1 fully saturated rings. The second kappa shape index (κ2) is 11.1. The molecule has 4 rings (SSSR count). The summed E-state index contributed by atoms with van der Waals surface area (Å²) in [7, 11) is 2.47. The number of nitrogens with two attached hydrogens (primary N) is 1. The predicted molar refractivity (Wildman–Crippen MR) is 132 cm³/mol. The van der Waals surface area contributed by atoms with E-state index in [4.69, 9.17) is 19.9 Å². The van der Waals surface area contributed by atoms with Crippen LogP contribution in [0.15, 0.2) is 77.3 Å². The lowest BCUT2D eigenvalue weighted by Gasteiger charge is -2.37. The van der Waals surface area contributed by atoms with Gasteiger partial charge in [-0.1, -0.05) is 48.5 Å². The van der Waals surface area contributed by atoms with E-state index in [2.05, 4.69) is 11.0 Å². The van der Waals surface area contributed by atoms with Crippen LogP contribution in [-0.2, 0) is 30.3 Å². The fraction of sp³-hybridized carbons (Fsp3) is 0.296. The van der Waals surface area contributed by atoms with Gasteiger partial charge in [0.25, 0.3) is 0 Å². The van der Waals surface area contributed by atoms with Crippen LogP contribution in [0, 0.1) is 11.3 Å². The van der Waals surface area contributed by atoms with Gasteiger partial charge in [0.1, 0.15) is 11.5 Å². The fourth-order valence-electron chi connectivity index (χ4n) is 4.63. The lowest BCUT2D eigenvalue weighted by molar-refractivity contribution is -0.139. The van der Waals surface area contributed by atoms with Crippen LogP contribution >= 0.6 is 0 Å². The Hall–Kier alpha value is -4.13. The van der Waals surface area contributed by atoms with Gasteiger partial charge in [0.05, 0.1) is 56.3 Å². The molecule has 0 bridgehead atoms. The van der Waals surface area contributed by atoms with Crippen LogP contribution < -0.4 is 10.6 Å². The number of morpholine rings is 1. The number of hydrogen-bond donors (Lipinski definition) is 1. The largest absolute Gasteiger partial charge is 0.466 e. The molecular formula is C27H28N4O5. The van der Waals surface area contributed by atoms with E-state index in [0.29, 0.717) is 31.0 Å². The number of ether oxygens (including phenoxy) is 3. The summed E-state index contributed by atoms with van der Waals surface area (Å²) >= 11 is 0.